The number of anilines is 1. The Labute approximate surface area is 150 Å². The average molecular weight is 361 g/mol. The van der Waals surface area contributed by atoms with E-state index in [2.05, 4.69) is 11.1 Å². The highest BCUT2D eigenvalue weighted by Crippen LogP contribution is 2.24. The summed E-state index contributed by atoms with van der Waals surface area (Å²) < 4.78 is 0. The van der Waals surface area contributed by atoms with Gasteiger partial charge in [0.2, 0.25) is 0 Å². The number of pyridine rings is 1. The molecule has 0 unspecified atom stereocenters. The molecular weight excluding hydrogens is 347 g/mol. The van der Waals surface area contributed by atoms with E-state index >= 15 is 0 Å². The van der Waals surface area contributed by atoms with Crippen molar-refractivity contribution >= 4 is 34.9 Å². The topological polar surface area (TPSA) is 60.2 Å². The van der Waals surface area contributed by atoms with Crippen molar-refractivity contribution < 1.29 is 4.79 Å². The minimum Gasteiger partial charge on any atom is -0.352 e. The molecule has 24 heavy (non-hydrogen) atoms. The van der Waals surface area contributed by atoms with Gasteiger partial charge >= 0.3 is 0 Å². The summed E-state index contributed by atoms with van der Waals surface area (Å²) >= 11 is 12.0. The van der Waals surface area contributed by atoms with Crippen LogP contribution in [0.4, 0.5) is 5.82 Å². The number of piperazine rings is 1. The Kier molecular flexibility index (Phi) is 4.89. The fourth-order valence-corrected chi connectivity index (χ4v) is 3.18. The van der Waals surface area contributed by atoms with Crippen LogP contribution in [0.3, 0.4) is 0 Å². The van der Waals surface area contributed by atoms with Gasteiger partial charge in [0.15, 0.2) is 0 Å². The van der Waals surface area contributed by atoms with Gasteiger partial charge in [0.1, 0.15) is 11.9 Å². The van der Waals surface area contributed by atoms with Gasteiger partial charge in [0.05, 0.1) is 16.1 Å². The van der Waals surface area contributed by atoms with Crippen LogP contribution in [0.25, 0.3) is 0 Å². The standard InChI is InChI=1S/C17H14Cl2N4O/c18-13-3-4-14(15(19)10-13)17(24)23-8-6-22(7-9-23)16-12(11-20)2-1-5-21-16/h1-5,10H,6-9H2. The maximum atomic E-state index is 12.6. The van der Waals surface area contributed by atoms with Gasteiger partial charge in [-0.3, -0.25) is 4.79 Å². The molecule has 0 N–H and O–H groups in total. The highest BCUT2D eigenvalue weighted by molar-refractivity contribution is 6.36. The number of nitriles is 1. The smallest absolute Gasteiger partial charge is 0.255 e. The fourth-order valence-electron chi connectivity index (χ4n) is 2.69. The summed E-state index contributed by atoms with van der Waals surface area (Å²) in [5.74, 6) is 0.550. The first-order chi connectivity index (χ1) is 11.6. The number of hydrogen-bond acceptors (Lipinski definition) is 4. The van der Waals surface area contributed by atoms with Crippen LogP contribution in [0.1, 0.15) is 15.9 Å². The van der Waals surface area contributed by atoms with E-state index in [1.807, 2.05) is 4.90 Å². The van der Waals surface area contributed by atoms with Gasteiger partial charge in [-0.25, -0.2) is 4.98 Å². The Bertz CT molecular complexity index is 810. The summed E-state index contributed by atoms with van der Waals surface area (Å²) in [4.78, 5) is 20.7. The van der Waals surface area contributed by atoms with Gasteiger partial charge in [-0.15, -0.1) is 0 Å². The number of aromatic nitrogens is 1. The summed E-state index contributed by atoms with van der Waals surface area (Å²) in [6, 6.07) is 10.5. The molecule has 2 aromatic rings. The second-order valence-electron chi connectivity index (χ2n) is 5.39. The molecule has 7 heteroatoms. The van der Waals surface area contributed by atoms with Crippen molar-refractivity contribution in [2.45, 2.75) is 0 Å². The molecule has 0 spiro atoms. The SMILES string of the molecule is N#Cc1cccnc1N1CCN(C(=O)c2ccc(Cl)cc2Cl)CC1. The van der Waals surface area contributed by atoms with Crippen molar-refractivity contribution in [2.24, 2.45) is 0 Å². The maximum absolute atomic E-state index is 12.6. The largest absolute Gasteiger partial charge is 0.352 e. The number of amides is 1. The lowest BCUT2D eigenvalue weighted by Crippen LogP contribution is -2.49. The summed E-state index contributed by atoms with van der Waals surface area (Å²) in [6.45, 7) is 2.31. The lowest BCUT2D eigenvalue weighted by molar-refractivity contribution is 0.0746. The number of rotatable bonds is 2. The van der Waals surface area contributed by atoms with Gasteiger partial charge in [0, 0.05) is 37.4 Å². The second kappa shape index (κ2) is 7.08. The molecule has 1 aliphatic heterocycles. The Hall–Kier alpha value is -2.29. The Morgan fingerprint density at radius 2 is 1.92 bits per heavy atom. The van der Waals surface area contributed by atoms with E-state index in [1.165, 1.54) is 0 Å². The maximum Gasteiger partial charge on any atom is 0.255 e. The van der Waals surface area contributed by atoms with Crippen LogP contribution in [0, 0.1) is 11.3 Å². The summed E-state index contributed by atoms with van der Waals surface area (Å²) in [5, 5.41) is 10.0. The van der Waals surface area contributed by atoms with E-state index in [4.69, 9.17) is 23.2 Å². The Balaban J connectivity index is 1.71. The number of halogens is 2. The minimum atomic E-state index is -0.113. The number of nitrogens with zero attached hydrogens (tertiary/aromatic N) is 4. The van der Waals surface area contributed by atoms with Crippen molar-refractivity contribution in [2.75, 3.05) is 31.1 Å². The molecule has 0 atom stereocenters. The molecule has 0 bridgehead atoms. The summed E-state index contributed by atoms with van der Waals surface area (Å²) in [6.07, 6.45) is 1.67. The zero-order chi connectivity index (χ0) is 17.1. The molecule has 1 saturated heterocycles. The van der Waals surface area contributed by atoms with Crippen molar-refractivity contribution in [1.29, 1.82) is 5.26 Å². The lowest BCUT2D eigenvalue weighted by Gasteiger charge is -2.35. The van der Waals surface area contributed by atoms with Crippen LogP contribution >= 0.6 is 23.2 Å². The molecule has 1 aliphatic rings. The quantitative estimate of drug-likeness (QED) is 0.824. The zero-order valence-corrected chi connectivity index (χ0v) is 14.3. The van der Waals surface area contributed by atoms with E-state index in [1.54, 1.807) is 41.4 Å². The number of benzene rings is 1. The molecule has 1 aromatic heterocycles. The molecular formula is C17H14Cl2N4O. The molecule has 0 radical (unpaired) electrons. The van der Waals surface area contributed by atoms with Crippen LogP contribution in [-0.4, -0.2) is 42.0 Å². The van der Waals surface area contributed by atoms with E-state index in [-0.39, 0.29) is 5.91 Å². The van der Waals surface area contributed by atoms with Crippen LogP contribution in [-0.2, 0) is 0 Å². The molecule has 1 amide bonds. The first-order valence-corrected chi connectivity index (χ1v) is 8.20. The minimum absolute atomic E-state index is 0.113. The van der Waals surface area contributed by atoms with Crippen LogP contribution in [0.15, 0.2) is 36.5 Å². The van der Waals surface area contributed by atoms with Crippen molar-refractivity contribution in [1.82, 2.24) is 9.88 Å². The third kappa shape index (κ3) is 3.30. The number of hydrogen-bond donors (Lipinski definition) is 0. The number of carbonyl (C=O) groups is 1. The third-order valence-electron chi connectivity index (χ3n) is 3.94. The van der Waals surface area contributed by atoms with Gasteiger partial charge in [-0.1, -0.05) is 23.2 Å². The normalized spacial score (nSPS) is 14.4. The molecule has 122 valence electrons. The van der Waals surface area contributed by atoms with Gasteiger partial charge in [-0.05, 0) is 30.3 Å². The third-order valence-corrected chi connectivity index (χ3v) is 4.48. The highest BCUT2D eigenvalue weighted by Gasteiger charge is 2.25. The molecule has 1 aromatic carbocycles. The Morgan fingerprint density at radius 3 is 2.58 bits per heavy atom. The first kappa shape index (κ1) is 16.6. The molecule has 1 fully saturated rings. The molecule has 2 heterocycles. The highest BCUT2D eigenvalue weighted by atomic mass is 35.5. The fraction of sp³-hybridized carbons (Fsp3) is 0.235. The lowest BCUT2D eigenvalue weighted by atomic mass is 10.1. The van der Waals surface area contributed by atoms with Gasteiger partial charge in [0.25, 0.3) is 5.91 Å². The average Bonchev–Trinajstić information content (AvgIpc) is 2.61. The van der Waals surface area contributed by atoms with E-state index in [0.29, 0.717) is 53.2 Å². The van der Waals surface area contributed by atoms with E-state index in [0.717, 1.165) is 0 Å². The summed E-state index contributed by atoms with van der Waals surface area (Å²) in [5.41, 5.74) is 0.989. The van der Waals surface area contributed by atoms with Crippen LogP contribution in [0.2, 0.25) is 10.0 Å². The van der Waals surface area contributed by atoms with Crippen LogP contribution < -0.4 is 4.90 Å². The molecule has 0 aliphatic carbocycles. The zero-order valence-electron chi connectivity index (χ0n) is 12.7. The summed E-state index contributed by atoms with van der Waals surface area (Å²) in [7, 11) is 0. The Morgan fingerprint density at radius 1 is 1.17 bits per heavy atom. The van der Waals surface area contributed by atoms with Gasteiger partial charge < -0.3 is 9.80 Å². The van der Waals surface area contributed by atoms with E-state index in [9.17, 15) is 10.1 Å². The predicted molar refractivity (Wildman–Crippen MR) is 93.5 cm³/mol. The molecule has 0 saturated carbocycles. The number of carbonyl (C=O) groups excluding carboxylic acids is 1. The van der Waals surface area contributed by atoms with E-state index < -0.39 is 0 Å². The molecule has 3 rings (SSSR count). The van der Waals surface area contributed by atoms with Gasteiger partial charge in [-0.2, -0.15) is 5.26 Å². The monoisotopic (exact) mass is 360 g/mol. The predicted octanol–water partition coefficient (Wildman–Crippen LogP) is 3.22. The molecule has 5 nitrogen and oxygen atoms in total. The van der Waals surface area contributed by atoms with Crippen LogP contribution in [0.5, 0.6) is 0 Å². The first-order valence-electron chi connectivity index (χ1n) is 7.44. The second-order valence-corrected chi connectivity index (χ2v) is 6.23. The van der Waals surface area contributed by atoms with Crippen molar-refractivity contribution in [3.8, 4) is 6.07 Å². The van der Waals surface area contributed by atoms with Crippen molar-refractivity contribution in [3.05, 3.63) is 57.7 Å². The van der Waals surface area contributed by atoms with Crippen molar-refractivity contribution in [3.63, 3.8) is 0 Å².